The minimum Gasteiger partial charge on any atom is -0.457 e. The number of nitrogen functional groups attached to an aromatic ring is 1. The van der Waals surface area contributed by atoms with Crippen molar-refractivity contribution in [1.82, 2.24) is 9.55 Å². The van der Waals surface area contributed by atoms with Crippen molar-refractivity contribution >= 4 is 28.5 Å². The predicted molar refractivity (Wildman–Crippen MR) is 112 cm³/mol. The highest BCUT2D eigenvalue weighted by Crippen LogP contribution is 2.41. The lowest BCUT2D eigenvalue weighted by Crippen LogP contribution is -2.48. The van der Waals surface area contributed by atoms with Crippen LogP contribution in [-0.4, -0.2) is 28.0 Å². The molecule has 1 aromatic carbocycles. The summed E-state index contributed by atoms with van der Waals surface area (Å²) in [6, 6.07) is 9.11. The van der Waals surface area contributed by atoms with Gasteiger partial charge >= 0.3 is 11.9 Å². The van der Waals surface area contributed by atoms with E-state index in [1.165, 1.54) is 0 Å². The number of hydrogen-bond donors (Lipinski definition) is 2. The molecule has 0 aliphatic carbocycles. The molecule has 0 saturated heterocycles. The zero-order valence-corrected chi connectivity index (χ0v) is 16.8. The van der Waals surface area contributed by atoms with Gasteiger partial charge in [-0.25, -0.2) is 9.78 Å². The summed E-state index contributed by atoms with van der Waals surface area (Å²) in [6.07, 6.45) is 0.0992. The van der Waals surface area contributed by atoms with E-state index < -0.39 is 24.1 Å². The molecule has 0 amide bonds. The minimum absolute atomic E-state index is 0.0992. The highest BCUT2D eigenvalue weighted by atomic mass is 16.6. The Bertz CT molecular complexity index is 1350. The molecule has 0 fully saturated rings. The van der Waals surface area contributed by atoms with Crippen LogP contribution in [0.2, 0.25) is 0 Å². The first kappa shape index (κ1) is 19.3. The van der Waals surface area contributed by atoms with E-state index in [1.54, 1.807) is 23.6 Å². The van der Waals surface area contributed by atoms with Gasteiger partial charge in [0.25, 0.3) is 5.56 Å². The number of pyridine rings is 2. The molecule has 5 rings (SSSR count). The minimum atomic E-state index is -1.72. The Morgan fingerprint density at radius 1 is 1.32 bits per heavy atom. The van der Waals surface area contributed by atoms with Crippen molar-refractivity contribution in [2.45, 2.75) is 32.1 Å². The molecule has 2 aliphatic heterocycles. The van der Waals surface area contributed by atoms with Gasteiger partial charge in [-0.15, -0.1) is 0 Å². The fourth-order valence-corrected chi connectivity index (χ4v) is 4.42. The Labute approximate surface area is 176 Å². The van der Waals surface area contributed by atoms with E-state index in [0.717, 1.165) is 10.9 Å². The van der Waals surface area contributed by atoms with Crippen LogP contribution in [0.4, 0.5) is 5.69 Å². The van der Waals surface area contributed by atoms with Gasteiger partial charge in [-0.1, -0.05) is 13.0 Å². The summed E-state index contributed by atoms with van der Waals surface area (Å²) in [5, 5.41) is 0.810. The van der Waals surface area contributed by atoms with Crippen molar-refractivity contribution in [2.24, 2.45) is 5.73 Å². The fourth-order valence-electron chi connectivity index (χ4n) is 4.42. The summed E-state index contributed by atoms with van der Waals surface area (Å²) in [7, 11) is 0. The van der Waals surface area contributed by atoms with E-state index in [1.807, 2.05) is 18.2 Å². The van der Waals surface area contributed by atoms with Crippen LogP contribution in [-0.2, 0) is 37.8 Å². The Balaban J connectivity index is 1.77. The summed E-state index contributed by atoms with van der Waals surface area (Å²) < 4.78 is 12.3. The standard InChI is InChI=1S/C22H20N4O5/c1-2-22(31-18(27)8-23)14-7-17-19-11(6-12-15(24)4-3-5-16(12)25-19)9-26(17)20(28)13(14)10-30-21(22)29/h3-7H,2,8-10,23-24H2,1H3/t22-/m0/s1. The molecule has 1 atom stereocenters. The van der Waals surface area contributed by atoms with Crippen LogP contribution in [0.25, 0.3) is 22.3 Å². The number of nitrogens with zero attached hydrogens (tertiary/aromatic N) is 2. The van der Waals surface area contributed by atoms with Gasteiger partial charge < -0.3 is 25.5 Å². The van der Waals surface area contributed by atoms with E-state index in [0.29, 0.717) is 34.7 Å². The van der Waals surface area contributed by atoms with Crippen LogP contribution in [0.15, 0.2) is 35.1 Å². The summed E-state index contributed by atoms with van der Waals surface area (Å²) in [5.74, 6) is -1.47. The molecule has 158 valence electrons. The average Bonchev–Trinajstić information content (AvgIpc) is 3.13. The number of hydrogen-bond acceptors (Lipinski definition) is 8. The van der Waals surface area contributed by atoms with Crippen LogP contribution in [0.5, 0.6) is 0 Å². The molecule has 9 nitrogen and oxygen atoms in total. The molecule has 0 radical (unpaired) electrons. The number of nitrogens with two attached hydrogens (primary N) is 2. The van der Waals surface area contributed by atoms with Crippen LogP contribution in [0.3, 0.4) is 0 Å². The quantitative estimate of drug-likeness (QED) is 0.372. The topological polar surface area (TPSA) is 140 Å². The number of fused-ring (bicyclic) bond motifs is 5. The molecule has 4 N–H and O–H groups in total. The Morgan fingerprint density at radius 3 is 2.87 bits per heavy atom. The molecule has 4 heterocycles. The molecule has 0 spiro atoms. The van der Waals surface area contributed by atoms with E-state index in [4.69, 9.17) is 25.9 Å². The van der Waals surface area contributed by atoms with Crippen molar-refractivity contribution in [1.29, 1.82) is 0 Å². The maximum Gasteiger partial charge on any atom is 0.355 e. The van der Waals surface area contributed by atoms with Crippen LogP contribution in [0, 0.1) is 0 Å². The summed E-state index contributed by atoms with van der Waals surface area (Å²) in [4.78, 5) is 42.9. The van der Waals surface area contributed by atoms with Crippen LogP contribution in [0.1, 0.15) is 30.0 Å². The van der Waals surface area contributed by atoms with Gasteiger partial charge in [0.05, 0.1) is 35.6 Å². The van der Waals surface area contributed by atoms with Crippen molar-refractivity contribution < 1.29 is 19.1 Å². The first-order valence-corrected chi connectivity index (χ1v) is 9.94. The third kappa shape index (κ3) is 2.59. The third-order valence-electron chi connectivity index (χ3n) is 6.01. The van der Waals surface area contributed by atoms with Crippen molar-refractivity contribution in [3.8, 4) is 11.4 Å². The molecule has 2 aromatic heterocycles. The lowest BCUT2D eigenvalue weighted by molar-refractivity contribution is -0.188. The number of carbonyl (C=O) groups excluding carboxylic acids is 2. The number of esters is 2. The second kappa shape index (κ2) is 6.64. The number of benzene rings is 1. The second-order valence-electron chi connectivity index (χ2n) is 7.66. The first-order chi connectivity index (χ1) is 14.9. The molecule has 9 heteroatoms. The molecule has 0 saturated carbocycles. The lowest BCUT2D eigenvalue weighted by Gasteiger charge is -2.35. The second-order valence-corrected chi connectivity index (χ2v) is 7.66. The van der Waals surface area contributed by atoms with Gasteiger partial charge in [0.15, 0.2) is 0 Å². The van der Waals surface area contributed by atoms with Gasteiger partial charge in [-0.3, -0.25) is 9.59 Å². The van der Waals surface area contributed by atoms with Gasteiger partial charge in [-0.05, 0) is 30.7 Å². The van der Waals surface area contributed by atoms with E-state index in [-0.39, 0.29) is 24.2 Å². The number of rotatable bonds is 3. The van der Waals surface area contributed by atoms with E-state index in [2.05, 4.69) is 0 Å². The predicted octanol–water partition coefficient (Wildman–Crippen LogP) is 1.17. The maximum absolute atomic E-state index is 13.4. The smallest absolute Gasteiger partial charge is 0.355 e. The molecular formula is C22H20N4O5. The van der Waals surface area contributed by atoms with Crippen molar-refractivity contribution in [3.05, 3.63) is 57.4 Å². The first-order valence-electron chi connectivity index (χ1n) is 9.94. The molecule has 31 heavy (non-hydrogen) atoms. The normalized spacial score (nSPS) is 18.8. The summed E-state index contributed by atoms with van der Waals surface area (Å²) >= 11 is 0. The summed E-state index contributed by atoms with van der Waals surface area (Å²) in [5.41, 5.74) is 13.4. The SMILES string of the molecule is CC[C@@]1(OC(=O)CN)C(=O)OCc2c1cc1n(c2=O)Cc2cc3c(N)cccc3nc2-1. The molecule has 0 bridgehead atoms. The molecule has 2 aliphatic rings. The molecule has 0 unspecified atom stereocenters. The van der Waals surface area contributed by atoms with Crippen LogP contribution < -0.4 is 17.0 Å². The highest BCUT2D eigenvalue weighted by Gasteiger charge is 2.50. The number of anilines is 1. The Morgan fingerprint density at radius 2 is 2.13 bits per heavy atom. The third-order valence-corrected chi connectivity index (χ3v) is 6.01. The molecular weight excluding hydrogens is 400 g/mol. The van der Waals surface area contributed by atoms with E-state index >= 15 is 0 Å². The van der Waals surface area contributed by atoms with Crippen molar-refractivity contribution in [2.75, 3.05) is 12.3 Å². The van der Waals surface area contributed by atoms with Crippen LogP contribution >= 0.6 is 0 Å². The zero-order valence-electron chi connectivity index (χ0n) is 16.8. The lowest BCUT2D eigenvalue weighted by atomic mass is 9.85. The zero-order chi connectivity index (χ0) is 21.9. The largest absolute Gasteiger partial charge is 0.457 e. The fraction of sp³-hybridized carbons (Fsp3) is 0.273. The maximum atomic E-state index is 13.4. The summed E-state index contributed by atoms with van der Waals surface area (Å²) in [6.45, 7) is 1.43. The van der Waals surface area contributed by atoms with Gasteiger partial charge in [0.1, 0.15) is 6.61 Å². The van der Waals surface area contributed by atoms with E-state index in [9.17, 15) is 14.4 Å². The Hall–Kier alpha value is -3.72. The number of carbonyl (C=O) groups is 2. The highest BCUT2D eigenvalue weighted by molar-refractivity contribution is 5.93. The van der Waals surface area contributed by atoms with Crippen molar-refractivity contribution in [3.63, 3.8) is 0 Å². The Kier molecular flexibility index (Phi) is 4.13. The number of ether oxygens (including phenoxy) is 2. The number of aromatic nitrogens is 2. The number of cyclic esters (lactones) is 1. The van der Waals surface area contributed by atoms with Gasteiger partial charge in [-0.2, -0.15) is 0 Å². The molecule has 3 aromatic rings. The average molecular weight is 420 g/mol. The van der Waals surface area contributed by atoms with Gasteiger partial charge in [0.2, 0.25) is 5.60 Å². The van der Waals surface area contributed by atoms with Gasteiger partial charge in [0, 0.05) is 22.2 Å². The monoisotopic (exact) mass is 420 g/mol.